The van der Waals surface area contributed by atoms with Gasteiger partial charge < -0.3 is 29.7 Å². The van der Waals surface area contributed by atoms with Gasteiger partial charge in [-0.25, -0.2) is 4.98 Å². The summed E-state index contributed by atoms with van der Waals surface area (Å²) in [5.74, 6) is -0.751. The van der Waals surface area contributed by atoms with Gasteiger partial charge in [-0.15, -0.1) is 5.10 Å². The average molecular weight is 492 g/mol. The van der Waals surface area contributed by atoms with Crippen LogP contribution in [0.1, 0.15) is 53.2 Å². The van der Waals surface area contributed by atoms with E-state index in [1.54, 1.807) is 32.3 Å². The Bertz CT molecular complexity index is 1060. The molecule has 2 aromatic heterocycles. The molecule has 0 aromatic carbocycles. The van der Waals surface area contributed by atoms with Crippen molar-refractivity contribution in [3.05, 3.63) is 12.5 Å². The van der Waals surface area contributed by atoms with Gasteiger partial charge in [0.05, 0.1) is 35.9 Å². The molecular weight excluding hydrogens is 458 g/mol. The van der Waals surface area contributed by atoms with Crippen LogP contribution in [0.3, 0.4) is 0 Å². The van der Waals surface area contributed by atoms with Crippen LogP contribution in [0.15, 0.2) is 12.5 Å². The van der Waals surface area contributed by atoms with Gasteiger partial charge in [-0.05, 0) is 19.3 Å². The Balaban J connectivity index is 1.50. The van der Waals surface area contributed by atoms with Crippen molar-refractivity contribution in [2.24, 2.45) is 11.8 Å². The molecule has 2 unspecified atom stereocenters. The van der Waals surface area contributed by atoms with E-state index in [9.17, 15) is 19.8 Å². The lowest BCUT2D eigenvalue weighted by molar-refractivity contribution is -0.154. The van der Waals surface area contributed by atoms with Crippen LogP contribution in [-0.2, 0) is 23.8 Å². The monoisotopic (exact) mass is 491 g/mol. The molecule has 3 heterocycles. The maximum absolute atomic E-state index is 12.1. The van der Waals surface area contributed by atoms with Crippen molar-refractivity contribution >= 4 is 28.8 Å². The zero-order valence-corrected chi connectivity index (χ0v) is 20.3. The smallest absolute Gasteiger partial charge is 0.308 e. The van der Waals surface area contributed by atoms with E-state index >= 15 is 0 Å². The number of hydrogen-bond acceptors (Lipinski definition) is 11. The summed E-state index contributed by atoms with van der Waals surface area (Å²) < 4.78 is 18.2. The molecule has 12 nitrogen and oxygen atoms in total. The number of rotatable bonds is 8. The van der Waals surface area contributed by atoms with Gasteiger partial charge in [0.25, 0.3) is 0 Å². The van der Waals surface area contributed by atoms with Gasteiger partial charge in [0, 0.05) is 0 Å². The molecule has 4 rings (SSSR count). The van der Waals surface area contributed by atoms with E-state index in [4.69, 9.17) is 14.2 Å². The Hall–Kier alpha value is -2.83. The Morgan fingerprint density at radius 3 is 2.63 bits per heavy atom. The molecule has 0 spiro atoms. The second-order valence-electron chi connectivity index (χ2n) is 9.72. The average Bonchev–Trinajstić information content (AvgIpc) is 3.51. The lowest BCUT2D eigenvalue weighted by Gasteiger charge is -2.22. The summed E-state index contributed by atoms with van der Waals surface area (Å²) in [5, 5.41) is 32.7. The van der Waals surface area contributed by atoms with Crippen molar-refractivity contribution in [3.8, 4) is 0 Å². The predicted octanol–water partition coefficient (Wildman–Crippen LogP) is 1.18. The molecule has 192 valence electrons. The van der Waals surface area contributed by atoms with E-state index < -0.39 is 30.5 Å². The molecule has 35 heavy (non-hydrogen) atoms. The summed E-state index contributed by atoms with van der Waals surface area (Å²) >= 11 is 0. The normalized spacial score (nSPS) is 28.7. The molecule has 2 aliphatic rings. The van der Waals surface area contributed by atoms with Crippen LogP contribution in [0.2, 0.25) is 0 Å². The number of aliphatic hydroxyl groups is 2. The first-order chi connectivity index (χ1) is 16.7. The number of carbonyl (C=O) groups is 2. The van der Waals surface area contributed by atoms with E-state index in [0.29, 0.717) is 16.9 Å². The molecule has 3 N–H and O–H groups in total. The number of carbonyl (C=O) groups excluding carboxylic acids is 2. The summed E-state index contributed by atoms with van der Waals surface area (Å²) in [7, 11) is 0. The lowest BCUT2D eigenvalue weighted by Crippen LogP contribution is -2.34. The topological polar surface area (TPSA) is 158 Å². The minimum Gasteiger partial charge on any atom is -0.463 e. The van der Waals surface area contributed by atoms with Crippen LogP contribution >= 0.6 is 0 Å². The van der Waals surface area contributed by atoms with Gasteiger partial charge in [0.2, 0.25) is 0 Å². The number of hydrogen-bond donors (Lipinski definition) is 3. The van der Waals surface area contributed by atoms with Crippen molar-refractivity contribution in [2.75, 3.05) is 11.9 Å². The largest absolute Gasteiger partial charge is 0.463 e. The van der Waals surface area contributed by atoms with E-state index in [1.807, 2.05) is 0 Å². The highest BCUT2D eigenvalue weighted by Gasteiger charge is 2.45. The highest BCUT2D eigenvalue weighted by atomic mass is 16.6. The van der Waals surface area contributed by atoms with Crippen molar-refractivity contribution in [1.82, 2.24) is 19.7 Å². The summed E-state index contributed by atoms with van der Waals surface area (Å²) in [4.78, 5) is 28.3. The fourth-order valence-electron chi connectivity index (χ4n) is 4.29. The summed E-state index contributed by atoms with van der Waals surface area (Å²) in [6.45, 7) is 6.83. The zero-order valence-electron chi connectivity index (χ0n) is 20.3. The maximum atomic E-state index is 12.1. The Morgan fingerprint density at radius 1 is 1.17 bits per heavy atom. The van der Waals surface area contributed by atoms with Crippen molar-refractivity contribution in [1.29, 1.82) is 0 Å². The van der Waals surface area contributed by atoms with E-state index in [0.717, 1.165) is 19.3 Å². The van der Waals surface area contributed by atoms with Crippen LogP contribution in [-0.4, -0.2) is 79.0 Å². The molecule has 6 atom stereocenters. The minimum atomic E-state index is -1.27. The number of aromatic nitrogens is 4. The molecule has 0 amide bonds. The van der Waals surface area contributed by atoms with E-state index in [2.05, 4.69) is 20.5 Å². The van der Waals surface area contributed by atoms with E-state index in [-0.39, 0.29) is 36.6 Å². The predicted molar refractivity (Wildman–Crippen MR) is 123 cm³/mol. The first-order valence-corrected chi connectivity index (χ1v) is 12.0. The quantitative estimate of drug-likeness (QED) is 0.455. The number of aliphatic hydroxyl groups excluding tert-OH is 2. The fraction of sp³-hybridized carbons (Fsp3) is 0.696. The maximum Gasteiger partial charge on any atom is 0.308 e. The molecule has 1 aliphatic heterocycles. The summed E-state index contributed by atoms with van der Waals surface area (Å²) in [6, 6.07) is -0.127. The first-order valence-electron chi connectivity index (χ1n) is 12.0. The number of anilines is 1. The third-order valence-corrected chi connectivity index (χ3v) is 6.38. The molecule has 12 heteroatoms. The highest BCUT2D eigenvalue weighted by molar-refractivity contribution is 5.85. The molecule has 0 radical (unpaired) electrons. The van der Waals surface area contributed by atoms with Gasteiger partial charge in [0.15, 0.2) is 12.0 Å². The van der Waals surface area contributed by atoms with Crippen LogP contribution in [0.25, 0.3) is 11.0 Å². The molecule has 1 saturated carbocycles. The number of nitrogens with zero attached hydrogens (tertiary/aromatic N) is 4. The Morgan fingerprint density at radius 2 is 1.91 bits per heavy atom. The number of ether oxygens (including phenoxy) is 3. The second-order valence-corrected chi connectivity index (χ2v) is 9.72. The molecule has 2 aromatic rings. The molecule has 2 fully saturated rings. The van der Waals surface area contributed by atoms with Crippen molar-refractivity contribution < 1.29 is 34.0 Å². The van der Waals surface area contributed by atoms with Crippen LogP contribution < -0.4 is 5.32 Å². The SMILES string of the molecule is CC(C)C(=O)OCC1OC(n2cnc3c(N[C@H]4CCC[C@@H]4OC(=O)C(C)C)nncc32)[C@H](O)[C@@H]1O. The zero-order chi connectivity index (χ0) is 25.3. The van der Waals surface area contributed by atoms with Crippen molar-refractivity contribution in [2.45, 2.75) is 83.6 Å². The number of fused-ring (bicyclic) bond motifs is 1. The molecular formula is C23H33N5O7. The van der Waals surface area contributed by atoms with Gasteiger partial charge in [0.1, 0.15) is 36.5 Å². The van der Waals surface area contributed by atoms with Crippen LogP contribution in [0, 0.1) is 11.8 Å². The third kappa shape index (κ3) is 5.24. The van der Waals surface area contributed by atoms with Crippen molar-refractivity contribution in [3.63, 3.8) is 0 Å². The Labute approximate surface area is 203 Å². The Kier molecular flexibility index (Phi) is 7.53. The highest BCUT2D eigenvalue weighted by Crippen LogP contribution is 2.34. The molecule has 1 saturated heterocycles. The minimum absolute atomic E-state index is 0.127. The van der Waals surface area contributed by atoms with Gasteiger partial charge >= 0.3 is 11.9 Å². The summed E-state index contributed by atoms with van der Waals surface area (Å²) in [6.07, 6.45) is 0.814. The van der Waals surface area contributed by atoms with E-state index in [1.165, 1.54) is 12.5 Å². The standard InChI is InChI=1S/C23H33N5O7/c1-11(2)22(31)33-9-16-18(29)19(30)21(34-16)28-10-24-17-14(28)8-25-27-20(17)26-13-6-5-7-15(13)35-23(32)12(3)4/h8,10-13,15-16,18-19,21,29-30H,5-7,9H2,1-4H3,(H,26,27)/t13-,15-,16?,18+,19+,21?/m0/s1. The number of imidazole rings is 1. The molecule has 0 bridgehead atoms. The van der Waals surface area contributed by atoms with Gasteiger partial charge in [-0.1, -0.05) is 27.7 Å². The fourth-order valence-corrected chi connectivity index (χ4v) is 4.29. The summed E-state index contributed by atoms with van der Waals surface area (Å²) in [5.41, 5.74) is 1.04. The van der Waals surface area contributed by atoms with Gasteiger partial charge in [-0.2, -0.15) is 5.10 Å². The van der Waals surface area contributed by atoms with Crippen LogP contribution in [0.5, 0.6) is 0 Å². The van der Waals surface area contributed by atoms with Crippen LogP contribution in [0.4, 0.5) is 5.82 Å². The second kappa shape index (κ2) is 10.4. The molecule has 1 aliphatic carbocycles. The number of nitrogens with one attached hydrogen (secondary N) is 1. The number of esters is 2. The first kappa shape index (κ1) is 25.3. The van der Waals surface area contributed by atoms with Gasteiger partial charge in [-0.3, -0.25) is 14.2 Å². The lowest BCUT2D eigenvalue weighted by atomic mass is 10.1. The third-order valence-electron chi connectivity index (χ3n) is 6.38.